The molecule has 1 fully saturated rings. The molecule has 0 spiro atoms. The van der Waals surface area contributed by atoms with Gasteiger partial charge in [0.15, 0.2) is 0 Å². The molecule has 2 nitrogen and oxygen atoms in total. The molecule has 0 aromatic heterocycles. The molecule has 18 heavy (non-hydrogen) atoms. The Morgan fingerprint density at radius 3 is 2.39 bits per heavy atom. The molecule has 0 heterocycles. The van der Waals surface area contributed by atoms with Crippen LogP contribution in [0.25, 0.3) is 0 Å². The molecule has 1 aliphatic rings. The van der Waals surface area contributed by atoms with E-state index in [0.717, 1.165) is 0 Å². The maximum absolute atomic E-state index is 12.3. The molecule has 5 heteroatoms. The van der Waals surface area contributed by atoms with Crippen LogP contribution in [-0.4, -0.2) is 12.1 Å². The van der Waals surface area contributed by atoms with E-state index in [1.165, 1.54) is 12.1 Å². The number of halogens is 3. The largest absolute Gasteiger partial charge is 0.573 e. The van der Waals surface area contributed by atoms with Crippen LogP contribution in [0.5, 0.6) is 5.75 Å². The molecular weight excluding hydrogens is 245 g/mol. The van der Waals surface area contributed by atoms with Crippen molar-refractivity contribution in [3.8, 4) is 5.75 Å². The van der Waals surface area contributed by atoms with Crippen LogP contribution in [-0.2, 0) is 4.79 Å². The Hall–Kier alpha value is -1.52. The van der Waals surface area contributed by atoms with Gasteiger partial charge in [-0.15, -0.1) is 13.2 Å². The Balaban J connectivity index is 2.32. The average Bonchev–Trinajstić information content (AvgIpc) is 2.25. The summed E-state index contributed by atoms with van der Waals surface area (Å²) >= 11 is 0. The second kappa shape index (κ2) is 4.00. The predicted molar refractivity (Wildman–Crippen MR) is 59.3 cm³/mol. The molecule has 1 atom stereocenters. The molecular formula is C13H13F3O2. The molecule has 1 unspecified atom stereocenters. The summed E-state index contributed by atoms with van der Waals surface area (Å²) in [6.45, 7) is 3.49. The smallest absolute Gasteiger partial charge is 0.405 e. The molecule has 0 radical (unpaired) electrons. The van der Waals surface area contributed by atoms with Crippen molar-refractivity contribution in [1.29, 1.82) is 0 Å². The van der Waals surface area contributed by atoms with Crippen LogP contribution in [0.15, 0.2) is 24.3 Å². The quantitative estimate of drug-likeness (QED) is 0.809. The first-order chi connectivity index (χ1) is 8.22. The van der Waals surface area contributed by atoms with Crippen molar-refractivity contribution in [2.45, 2.75) is 32.5 Å². The molecule has 0 bridgehead atoms. The second-order valence-corrected chi connectivity index (χ2v) is 4.99. The highest BCUT2D eigenvalue weighted by Gasteiger charge is 2.49. The van der Waals surface area contributed by atoms with E-state index in [-0.39, 0.29) is 23.9 Å². The number of benzene rings is 1. The Kier molecular flexibility index (Phi) is 2.87. The molecule has 1 saturated carbocycles. The number of hydrogen-bond acceptors (Lipinski definition) is 2. The fourth-order valence-electron chi connectivity index (χ4n) is 2.25. The van der Waals surface area contributed by atoms with Crippen LogP contribution >= 0.6 is 0 Å². The third-order valence-corrected chi connectivity index (χ3v) is 3.50. The highest BCUT2D eigenvalue weighted by Crippen LogP contribution is 2.51. The van der Waals surface area contributed by atoms with E-state index in [1.807, 2.05) is 0 Å². The van der Waals surface area contributed by atoms with Gasteiger partial charge in [0.2, 0.25) is 0 Å². The first-order valence-corrected chi connectivity index (χ1v) is 5.60. The summed E-state index contributed by atoms with van der Waals surface area (Å²) in [4.78, 5) is 11.5. The van der Waals surface area contributed by atoms with E-state index in [0.29, 0.717) is 5.56 Å². The van der Waals surface area contributed by atoms with Crippen LogP contribution < -0.4 is 4.74 Å². The van der Waals surface area contributed by atoms with Crippen molar-refractivity contribution in [2.75, 3.05) is 0 Å². The topological polar surface area (TPSA) is 26.3 Å². The first-order valence-electron chi connectivity index (χ1n) is 5.60. The Bertz CT molecular complexity index is 477. The number of hydrogen-bond donors (Lipinski definition) is 0. The van der Waals surface area contributed by atoms with Crippen molar-refractivity contribution in [3.63, 3.8) is 0 Å². The monoisotopic (exact) mass is 258 g/mol. The van der Waals surface area contributed by atoms with Crippen molar-refractivity contribution in [1.82, 2.24) is 0 Å². The molecule has 0 saturated heterocycles. The van der Waals surface area contributed by atoms with Crippen molar-refractivity contribution >= 4 is 5.78 Å². The summed E-state index contributed by atoms with van der Waals surface area (Å²) in [5.74, 6) is -0.367. The number of alkyl halides is 3. The van der Waals surface area contributed by atoms with Gasteiger partial charge in [0, 0.05) is 17.8 Å². The molecule has 1 aliphatic carbocycles. The summed E-state index contributed by atoms with van der Waals surface area (Å²) in [6, 6.07) is 6.00. The van der Waals surface area contributed by atoms with Gasteiger partial charge in [-0.05, 0) is 11.6 Å². The fraction of sp³-hybridized carbons (Fsp3) is 0.462. The maximum atomic E-state index is 12.3. The lowest BCUT2D eigenvalue weighted by Gasteiger charge is -2.43. The van der Waals surface area contributed by atoms with Gasteiger partial charge in [-0.3, -0.25) is 4.79 Å². The third kappa shape index (κ3) is 2.21. The van der Waals surface area contributed by atoms with Gasteiger partial charge < -0.3 is 4.74 Å². The van der Waals surface area contributed by atoms with Crippen LogP contribution in [0, 0.1) is 5.41 Å². The van der Waals surface area contributed by atoms with Crippen LogP contribution in [0.4, 0.5) is 13.2 Å². The van der Waals surface area contributed by atoms with Gasteiger partial charge in [-0.2, -0.15) is 0 Å². The molecule has 98 valence electrons. The number of ketones is 1. The third-order valence-electron chi connectivity index (χ3n) is 3.50. The van der Waals surface area contributed by atoms with Gasteiger partial charge in [0.1, 0.15) is 11.5 Å². The van der Waals surface area contributed by atoms with E-state index in [1.54, 1.807) is 26.0 Å². The fourth-order valence-corrected chi connectivity index (χ4v) is 2.25. The van der Waals surface area contributed by atoms with Gasteiger partial charge in [-0.1, -0.05) is 32.0 Å². The van der Waals surface area contributed by atoms with E-state index < -0.39 is 11.8 Å². The summed E-state index contributed by atoms with van der Waals surface area (Å²) in [6.07, 6.45) is -4.45. The number of Topliss-reactive ketones (excluding diaryl/α,β-unsaturated/α-hetero) is 1. The van der Waals surface area contributed by atoms with Crippen molar-refractivity contribution in [3.05, 3.63) is 29.8 Å². The lowest BCUT2D eigenvalue weighted by molar-refractivity contribution is -0.275. The molecule has 0 amide bonds. The van der Waals surface area contributed by atoms with Gasteiger partial charge in [-0.25, -0.2) is 0 Å². The minimum atomic E-state index is -4.71. The lowest BCUT2D eigenvalue weighted by atomic mass is 9.59. The van der Waals surface area contributed by atoms with E-state index in [2.05, 4.69) is 4.74 Å². The highest BCUT2D eigenvalue weighted by atomic mass is 19.4. The number of para-hydroxylation sites is 1. The predicted octanol–water partition coefficient (Wildman–Crippen LogP) is 3.67. The standard InChI is InChI=1S/C13H13F3O2/c1-12(2)9(7-11(12)17)8-5-3-4-6-10(8)18-13(14,15)16/h3-6,9H,7H2,1-2H3. The maximum Gasteiger partial charge on any atom is 0.573 e. The number of rotatable bonds is 2. The summed E-state index contributed by atoms with van der Waals surface area (Å²) in [7, 11) is 0. The average molecular weight is 258 g/mol. The van der Waals surface area contributed by atoms with E-state index in [4.69, 9.17) is 0 Å². The number of carbonyl (C=O) groups is 1. The lowest BCUT2D eigenvalue weighted by Crippen LogP contribution is -2.43. The van der Waals surface area contributed by atoms with Crippen LogP contribution in [0.2, 0.25) is 0 Å². The number of ether oxygens (including phenoxy) is 1. The minimum Gasteiger partial charge on any atom is -0.405 e. The zero-order chi connectivity index (χ0) is 13.6. The highest BCUT2D eigenvalue weighted by molar-refractivity contribution is 5.92. The number of carbonyl (C=O) groups excluding carboxylic acids is 1. The van der Waals surface area contributed by atoms with Crippen LogP contribution in [0.3, 0.4) is 0 Å². The van der Waals surface area contributed by atoms with E-state index in [9.17, 15) is 18.0 Å². The van der Waals surface area contributed by atoms with Gasteiger partial charge in [0.25, 0.3) is 0 Å². The Morgan fingerprint density at radius 1 is 1.28 bits per heavy atom. The van der Waals surface area contributed by atoms with Crippen molar-refractivity contribution in [2.24, 2.45) is 5.41 Å². The zero-order valence-corrected chi connectivity index (χ0v) is 10.0. The molecule has 0 N–H and O–H groups in total. The molecule has 1 aromatic rings. The van der Waals surface area contributed by atoms with Crippen molar-refractivity contribution < 1.29 is 22.7 Å². The Morgan fingerprint density at radius 2 is 1.89 bits per heavy atom. The van der Waals surface area contributed by atoms with Gasteiger partial charge >= 0.3 is 6.36 Å². The zero-order valence-electron chi connectivity index (χ0n) is 10.0. The van der Waals surface area contributed by atoms with Crippen LogP contribution in [0.1, 0.15) is 31.7 Å². The molecule has 2 rings (SSSR count). The van der Waals surface area contributed by atoms with E-state index >= 15 is 0 Å². The van der Waals surface area contributed by atoms with Gasteiger partial charge in [0.05, 0.1) is 0 Å². The molecule has 0 aliphatic heterocycles. The normalized spacial score (nSPS) is 22.5. The summed E-state index contributed by atoms with van der Waals surface area (Å²) < 4.78 is 40.9. The molecule has 1 aromatic carbocycles. The summed E-state index contributed by atoms with van der Waals surface area (Å²) in [5.41, 5.74) is -0.176. The first kappa shape index (κ1) is 12.9. The minimum absolute atomic E-state index is 0.0642. The summed E-state index contributed by atoms with van der Waals surface area (Å²) in [5, 5.41) is 0. The SMILES string of the molecule is CC1(C)C(=O)CC1c1ccccc1OC(F)(F)F. The second-order valence-electron chi connectivity index (χ2n) is 4.99. The Labute approximate surface area is 103 Å².